The van der Waals surface area contributed by atoms with Crippen LogP contribution in [0.1, 0.15) is 41.1 Å². The summed E-state index contributed by atoms with van der Waals surface area (Å²) in [6.45, 7) is 5.99. The number of hydrogen-bond donors (Lipinski definition) is 0. The van der Waals surface area contributed by atoms with E-state index in [2.05, 4.69) is 4.98 Å². The highest BCUT2D eigenvalue weighted by Gasteiger charge is 2.14. The van der Waals surface area contributed by atoms with Gasteiger partial charge >= 0.3 is 5.97 Å². The van der Waals surface area contributed by atoms with Gasteiger partial charge in [-0.15, -0.1) is 11.3 Å². The van der Waals surface area contributed by atoms with Gasteiger partial charge in [0.05, 0.1) is 6.61 Å². The standard InChI is InChI=1S/C12H15NO3S/c1-4-16-12(15)9-7-17-11(13-9)10(14)6-5-8(2)3/h5-8H,4H2,1-3H3/b6-5+. The van der Waals surface area contributed by atoms with Gasteiger partial charge in [-0.1, -0.05) is 19.9 Å². The number of nitrogens with zero attached hydrogens (tertiary/aromatic N) is 1. The molecule has 0 aliphatic rings. The fourth-order valence-corrected chi connectivity index (χ4v) is 1.74. The van der Waals surface area contributed by atoms with Crippen LogP contribution >= 0.6 is 11.3 Å². The van der Waals surface area contributed by atoms with Crippen molar-refractivity contribution in [3.63, 3.8) is 0 Å². The molecule has 0 atom stereocenters. The number of rotatable bonds is 5. The Morgan fingerprint density at radius 2 is 2.24 bits per heavy atom. The molecule has 0 aliphatic carbocycles. The van der Waals surface area contributed by atoms with Crippen molar-refractivity contribution in [2.24, 2.45) is 5.92 Å². The Labute approximate surface area is 104 Å². The molecule has 1 rings (SSSR count). The molecular weight excluding hydrogens is 238 g/mol. The van der Waals surface area contributed by atoms with Gasteiger partial charge in [0, 0.05) is 5.38 Å². The highest BCUT2D eigenvalue weighted by Crippen LogP contribution is 2.12. The Balaban J connectivity index is 2.74. The van der Waals surface area contributed by atoms with E-state index in [-0.39, 0.29) is 11.5 Å². The molecular formula is C12H15NO3S. The fraction of sp³-hybridized carbons (Fsp3) is 0.417. The highest BCUT2D eigenvalue weighted by molar-refractivity contribution is 7.12. The van der Waals surface area contributed by atoms with Crippen molar-refractivity contribution in [3.8, 4) is 0 Å². The first kappa shape index (κ1) is 13.6. The van der Waals surface area contributed by atoms with E-state index in [0.29, 0.717) is 17.5 Å². The van der Waals surface area contributed by atoms with Gasteiger partial charge in [-0.05, 0) is 18.9 Å². The monoisotopic (exact) mass is 253 g/mol. The first-order valence-corrected chi connectivity index (χ1v) is 6.27. The Bertz CT molecular complexity index is 435. The first-order chi connectivity index (χ1) is 8.04. The maximum Gasteiger partial charge on any atom is 0.357 e. The maximum absolute atomic E-state index is 11.7. The number of hydrogen-bond acceptors (Lipinski definition) is 5. The minimum Gasteiger partial charge on any atom is -0.461 e. The topological polar surface area (TPSA) is 56.3 Å². The van der Waals surface area contributed by atoms with Crippen LogP contribution in [-0.4, -0.2) is 23.3 Å². The number of aromatic nitrogens is 1. The lowest BCUT2D eigenvalue weighted by Crippen LogP contribution is -2.05. The second-order valence-electron chi connectivity index (χ2n) is 3.73. The molecule has 0 saturated heterocycles. The zero-order chi connectivity index (χ0) is 12.8. The number of carbonyl (C=O) groups excluding carboxylic acids is 2. The third kappa shape index (κ3) is 4.11. The number of carbonyl (C=O) groups is 2. The van der Waals surface area contributed by atoms with E-state index in [1.807, 2.05) is 13.8 Å². The number of thiazole rings is 1. The van der Waals surface area contributed by atoms with Gasteiger partial charge in [-0.2, -0.15) is 0 Å². The lowest BCUT2D eigenvalue weighted by molar-refractivity contribution is 0.0520. The summed E-state index contributed by atoms with van der Waals surface area (Å²) < 4.78 is 4.80. The molecule has 0 amide bonds. The molecule has 17 heavy (non-hydrogen) atoms. The normalized spacial score (nSPS) is 11.1. The van der Waals surface area contributed by atoms with Crippen LogP contribution in [0.4, 0.5) is 0 Å². The predicted octanol–water partition coefficient (Wildman–Crippen LogP) is 2.71. The van der Waals surface area contributed by atoms with Crippen LogP contribution in [0.25, 0.3) is 0 Å². The minimum atomic E-state index is -0.490. The number of allylic oxidation sites excluding steroid dienone is 2. The van der Waals surface area contributed by atoms with Crippen molar-refractivity contribution in [2.75, 3.05) is 6.61 Å². The van der Waals surface area contributed by atoms with Crippen molar-refractivity contribution in [2.45, 2.75) is 20.8 Å². The van der Waals surface area contributed by atoms with Crippen molar-refractivity contribution in [3.05, 3.63) is 28.2 Å². The van der Waals surface area contributed by atoms with Crippen molar-refractivity contribution in [1.29, 1.82) is 0 Å². The molecule has 0 radical (unpaired) electrons. The molecule has 0 N–H and O–H groups in total. The molecule has 0 saturated carbocycles. The summed E-state index contributed by atoms with van der Waals surface area (Å²) in [7, 11) is 0. The summed E-state index contributed by atoms with van der Waals surface area (Å²) in [6.07, 6.45) is 3.28. The number of ether oxygens (including phenoxy) is 1. The van der Waals surface area contributed by atoms with Gasteiger partial charge in [0.1, 0.15) is 0 Å². The van der Waals surface area contributed by atoms with Gasteiger partial charge in [-0.25, -0.2) is 9.78 Å². The predicted molar refractivity (Wildman–Crippen MR) is 66.4 cm³/mol. The van der Waals surface area contributed by atoms with E-state index in [1.165, 1.54) is 11.5 Å². The van der Waals surface area contributed by atoms with Crippen molar-refractivity contribution in [1.82, 2.24) is 4.98 Å². The molecule has 1 heterocycles. The molecule has 0 aliphatic heterocycles. The van der Waals surface area contributed by atoms with Crippen LogP contribution in [0.5, 0.6) is 0 Å². The van der Waals surface area contributed by atoms with Gasteiger partial charge in [0.25, 0.3) is 0 Å². The van der Waals surface area contributed by atoms with Gasteiger partial charge in [0.15, 0.2) is 10.7 Å². The average molecular weight is 253 g/mol. The van der Waals surface area contributed by atoms with E-state index in [0.717, 1.165) is 11.3 Å². The van der Waals surface area contributed by atoms with E-state index >= 15 is 0 Å². The number of esters is 1. The molecule has 4 nitrogen and oxygen atoms in total. The van der Waals surface area contributed by atoms with E-state index in [9.17, 15) is 9.59 Å². The lowest BCUT2D eigenvalue weighted by atomic mass is 10.2. The SMILES string of the molecule is CCOC(=O)c1csc(C(=O)/C=C/C(C)C)n1. The zero-order valence-electron chi connectivity index (χ0n) is 10.1. The smallest absolute Gasteiger partial charge is 0.357 e. The summed E-state index contributed by atoms with van der Waals surface area (Å²) >= 11 is 1.15. The Morgan fingerprint density at radius 1 is 1.53 bits per heavy atom. The van der Waals surface area contributed by atoms with E-state index in [1.54, 1.807) is 13.0 Å². The minimum absolute atomic E-state index is 0.181. The molecule has 0 fully saturated rings. The van der Waals surface area contributed by atoms with Crippen LogP contribution < -0.4 is 0 Å². The molecule has 92 valence electrons. The molecule has 0 aromatic carbocycles. The fourth-order valence-electron chi connectivity index (χ4n) is 1.04. The largest absolute Gasteiger partial charge is 0.461 e. The maximum atomic E-state index is 11.7. The molecule has 5 heteroatoms. The van der Waals surface area contributed by atoms with E-state index < -0.39 is 5.97 Å². The Morgan fingerprint density at radius 3 is 2.82 bits per heavy atom. The van der Waals surface area contributed by atoms with Crippen LogP contribution in [0.15, 0.2) is 17.5 Å². The second-order valence-corrected chi connectivity index (χ2v) is 4.58. The van der Waals surface area contributed by atoms with Gasteiger partial charge in [-0.3, -0.25) is 4.79 Å². The second kappa shape index (κ2) is 6.30. The van der Waals surface area contributed by atoms with Crippen LogP contribution in [0.3, 0.4) is 0 Å². The molecule has 0 spiro atoms. The molecule has 0 unspecified atom stereocenters. The Hall–Kier alpha value is -1.49. The lowest BCUT2D eigenvalue weighted by Gasteiger charge is -1.95. The quantitative estimate of drug-likeness (QED) is 0.460. The summed E-state index contributed by atoms with van der Waals surface area (Å²) in [5.74, 6) is -0.363. The van der Waals surface area contributed by atoms with Crippen LogP contribution in [-0.2, 0) is 4.74 Å². The average Bonchev–Trinajstić information content (AvgIpc) is 2.75. The first-order valence-electron chi connectivity index (χ1n) is 5.39. The summed E-state index contributed by atoms with van der Waals surface area (Å²) in [6, 6.07) is 0. The highest BCUT2D eigenvalue weighted by atomic mass is 32.1. The summed E-state index contributed by atoms with van der Waals surface area (Å²) in [5, 5.41) is 1.85. The molecule has 1 aromatic rings. The van der Waals surface area contributed by atoms with Gasteiger partial charge < -0.3 is 4.74 Å². The summed E-state index contributed by atoms with van der Waals surface area (Å²) in [5.41, 5.74) is 0.193. The zero-order valence-corrected chi connectivity index (χ0v) is 10.9. The van der Waals surface area contributed by atoms with Crippen LogP contribution in [0, 0.1) is 5.92 Å². The third-order valence-corrected chi connectivity index (χ3v) is 2.69. The Kier molecular flexibility index (Phi) is 5.03. The molecule has 1 aromatic heterocycles. The van der Waals surface area contributed by atoms with Crippen molar-refractivity contribution < 1.29 is 14.3 Å². The van der Waals surface area contributed by atoms with E-state index in [4.69, 9.17) is 4.74 Å². The third-order valence-electron chi connectivity index (χ3n) is 1.83. The van der Waals surface area contributed by atoms with Gasteiger partial charge in [0.2, 0.25) is 5.78 Å². The number of ketones is 1. The van der Waals surface area contributed by atoms with Crippen LogP contribution in [0.2, 0.25) is 0 Å². The summed E-state index contributed by atoms with van der Waals surface area (Å²) in [4.78, 5) is 26.9. The molecule has 0 bridgehead atoms. The van der Waals surface area contributed by atoms with Crippen molar-refractivity contribution >= 4 is 23.1 Å².